The fraction of sp³-hybridized carbons (Fsp3) is 0.588. The van der Waals surface area contributed by atoms with E-state index < -0.39 is 5.60 Å². The first-order valence-electron chi connectivity index (χ1n) is 8.46. The van der Waals surface area contributed by atoms with Crippen molar-refractivity contribution in [1.82, 2.24) is 19.9 Å². The molecule has 7 nitrogen and oxygen atoms in total. The Balaban J connectivity index is 1.64. The summed E-state index contributed by atoms with van der Waals surface area (Å²) in [5.41, 5.74) is 1.11. The van der Waals surface area contributed by atoms with E-state index in [0.29, 0.717) is 18.1 Å². The van der Waals surface area contributed by atoms with Crippen LogP contribution in [0.25, 0.3) is 11.2 Å². The number of likely N-dealkylation sites (tertiary alicyclic amines) is 1. The number of carbonyl (C=O) groups excluding carboxylic acids is 1. The van der Waals surface area contributed by atoms with Crippen LogP contribution in [0.3, 0.4) is 0 Å². The van der Waals surface area contributed by atoms with Crippen LogP contribution in [0.5, 0.6) is 0 Å². The highest BCUT2D eigenvalue weighted by atomic mass is 16.6. The lowest BCUT2D eigenvalue weighted by atomic mass is 10.0. The first-order chi connectivity index (χ1) is 11.4. The van der Waals surface area contributed by atoms with Gasteiger partial charge in [0.15, 0.2) is 5.65 Å². The van der Waals surface area contributed by atoms with Gasteiger partial charge in [-0.2, -0.15) is 4.98 Å². The number of aromatic nitrogens is 3. The monoisotopic (exact) mass is 331 g/mol. The van der Waals surface area contributed by atoms with E-state index in [2.05, 4.69) is 20.3 Å². The third-order valence-corrected chi connectivity index (χ3v) is 4.02. The molecule has 7 heteroatoms. The number of nitrogens with zero attached hydrogens (tertiary/aromatic N) is 3. The molecule has 130 valence electrons. The summed E-state index contributed by atoms with van der Waals surface area (Å²) in [6, 6.07) is 3.92. The molecule has 0 aromatic carbocycles. The van der Waals surface area contributed by atoms with Crippen LogP contribution in [0.2, 0.25) is 0 Å². The molecule has 3 heterocycles. The van der Waals surface area contributed by atoms with Crippen molar-refractivity contribution in [3.05, 3.63) is 18.3 Å². The molecule has 0 bridgehead atoms. The number of rotatable bonds is 3. The number of nitrogens with one attached hydrogen (secondary N) is 2. The molecule has 0 saturated carbocycles. The van der Waals surface area contributed by atoms with Crippen molar-refractivity contribution in [3.63, 3.8) is 0 Å². The Hall–Kier alpha value is -2.31. The van der Waals surface area contributed by atoms with Gasteiger partial charge in [-0.25, -0.2) is 9.78 Å². The van der Waals surface area contributed by atoms with Gasteiger partial charge in [0.25, 0.3) is 0 Å². The molecule has 1 fully saturated rings. The molecule has 1 aliphatic rings. The third kappa shape index (κ3) is 3.96. The zero-order chi connectivity index (χ0) is 17.2. The van der Waals surface area contributed by atoms with Crippen LogP contribution in [0.4, 0.5) is 10.7 Å². The molecule has 0 radical (unpaired) electrons. The standard InChI is InChI=1S/C17H25N5O2/c1-17(2,3)24-16(23)22-10-5-4-7-12(22)11-19-15-20-13-8-6-9-18-14(13)21-15/h6,8-9,12H,4-5,7,10-11H2,1-3H3,(H2,18,19,20,21)/t12-/m0/s1. The number of carbonyl (C=O) groups is 1. The van der Waals surface area contributed by atoms with Crippen molar-refractivity contribution < 1.29 is 9.53 Å². The predicted octanol–water partition coefficient (Wildman–Crippen LogP) is 3.16. The molecule has 2 aromatic rings. The summed E-state index contributed by atoms with van der Waals surface area (Å²) in [7, 11) is 0. The predicted molar refractivity (Wildman–Crippen MR) is 93.0 cm³/mol. The number of amides is 1. The topological polar surface area (TPSA) is 83.1 Å². The number of H-pyrrole nitrogens is 1. The van der Waals surface area contributed by atoms with Crippen LogP contribution in [0.15, 0.2) is 18.3 Å². The highest BCUT2D eigenvalue weighted by Gasteiger charge is 2.30. The molecular formula is C17H25N5O2. The Kier molecular flexibility index (Phi) is 4.59. The molecule has 1 amide bonds. The summed E-state index contributed by atoms with van der Waals surface area (Å²) in [6.45, 7) is 7.05. The highest BCUT2D eigenvalue weighted by molar-refractivity contribution is 5.73. The van der Waals surface area contributed by atoms with Crippen LogP contribution in [-0.2, 0) is 4.74 Å². The van der Waals surface area contributed by atoms with E-state index in [1.807, 2.05) is 37.8 Å². The van der Waals surface area contributed by atoms with Gasteiger partial charge >= 0.3 is 6.09 Å². The van der Waals surface area contributed by atoms with E-state index in [1.165, 1.54) is 0 Å². The lowest BCUT2D eigenvalue weighted by Crippen LogP contribution is -2.48. The Labute approximate surface area is 141 Å². The number of hydrogen-bond acceptors (Lipinski definition) is 5. The largest absolute Gasteiger partial charge is 0.444 e. The molecule has 3 rings (SSSR count). The molecule has 1 atom stereocenters. The van der Waals surface area contributed by atoms with Crippen molar-refractivity contribution in [2.75, 3.05) is 18.4 Å². The second-order valence-electron chi connectivity index (χ2n) is 7.16. The van der Waals surface area contributed by atoms with Crippen LogP contribution in [0.1, 0.15) is 40.0 Å². The third-order valence-electron chi connectivity index (χ3n) is 4.02. The summed E-state index contributed by atoms with van der Waals surface area (Å²) < 4.78 is 5.53. The first-order valence-corrected chi connectivity index (χ1v) is 8.46. The number of piperidine rings is 1. The minimum absolute atomic E-state index is 0.106. The molecule has 0 unspecified atom stereocenters. The van der Waals surface area contributed by atoms with Crippen LogP contribution < -0.4 is 5.32 Å². The molecule has 1 saturated heterocycles. The molecular weight excluding hydrogens is 306 g/mol. The van der Waals surface area contributed by atoms with E-state index in [0.717, 1.165) is 31.3 Å². The van der Waals surface area contributed by atoms with Crippen molar-refractivity contribution in [3.8, 4) is 0 Å². The molecule has 2 N–H and O–H groups in total. The number of imidazole rings is 1. The zero-order valence-corrected chi connectivity index (χ0v) is 14.5. The van der Waals surface area contributed by atoms with E-state index in [1.54, 1.807) is 6.20 Å². The zero-order valence-electron chi connectivity index (χ0n) is 14.5. The minimum atomic E-state index is -0.475. The summed E-state index contributed by atoms with van der Waals surface area (Å²) in [5, 5.41) is 3.30. The van der Waals surface area contributed by atoms with Gasteiger partial charge < -0.3 is 19.9 Å². The van der Waals surface area contributed by atoms with E-state index in [9.17, 15) is 4.79 Å². The number of anilines is 1. The van der Waals surface area contributed by atoms with E-state index in [-0.39, 0.29) is 12.1 Å². The van der Waals surface area contributed by atoms with Crippen LogP contribution in [-0.4, -0.2) is 50.7 Å². The number of aromatic amines is 1. The van der Waals surface area contributed by atoms with Crippen molar-refractivity contribution in [2.45, 2.75) is 51.7 Å². The Morgan fingerprint density at radius 1 is 1.46 bits per heavy atom. The number of hydrogen-bond donors (Lipinski definition) is 2. The van der Waals surface area contributed by atoms with Crippen LogP contribution in [0, 0.1) is 0 Å². The molecule has 0 spiro atoms. The van der Waals surface area contributed by atoms with E-state index in [4.69, 9.17) is 4.74 Å². The van der Waals surface area contributed by atoms with Gasteiger partial charge in [0.05, 0.1) is 11.6 Å². The van der Waals surface area contributed by atoms with Gasteiger partial charge in [0.2, 0.25) is 5.95 Å². The Morgan fingerprint density at radius 2 is 2.29 bits per heavy atom. The Morgan fingerprint density at radius 3 is 3.04 bits per heavy atom. The summed E-state index contributed by atoms with van der Waals surface area (Å²) in [4.78, 5) is 26.1. The molecule has 1 aliphatic heterocycles. The second kappa shape index (κ2) is 6.67. The number of ether oxygens (including phenoxy) is 1. The number of pyridine rings is 1. The fourth-order valence-electron chi connectivity index (χ4n) is 2.92. The van der Waals surface area contributed by atoms with E-state index >= 15 is 0 Å². The van der Waals surface area contributed by atoms with Gasteiger partial charge in [0, 0.05) is 19.3 Å². The summed E-state index contributed by atoms with van der Waals surface area (Å²) >= 11 is 0. The van der Waals surface area contributed by atoms with Gasteiger partial charge in [-0.3, -0.25) is 0 Å². The van der Waals surface area contributed by atoms with Crippen molar-refractivity contribution >= 4 is 23.2 Å². The van der Waals surface area contributed by atoms with Gasteiger partial charge in [0.1, 0.15) is 5.60 Å². The number of fused-ring (bicyclic) bond motifs is 1. The lowest BCUT2D eigenvalue weighted by Gasteiger charge is -2.36. The quantitative estimate of drug-likeness (QED) is 0.902. The fourth-order valence-corrected chi connectivity index (χ4v) is 2.92. The first kappa shape index (κ1) is 16.5. The van der Waals surface area contributed by atoms with Crippen LogP contribution >= 0.6 is 0 Å². The normalized spacial score (nSPS) is 18.6. The molecule has 0 aliphatic carbocycles. The van der Waals surface area contributed by atoms with Gasteiger partial charge in [-0.1, -0.05) is 0 Å². The summed E-state index contributed by atoms with van der Waals surface area (Å²) in [5.74, 6) is 0.679. The average molecular weight is 331 g/mol. The smallest absolute Gasteiger partial charge is 0.410 e. The van der Waals surface area contributed by atoms with Gasteiger partial charge in [-0.05, 0) is 52.2 Å². The minimum Gasteiger partial charge on any atom is -0.444 e. The summed E-state index contributed by atoms with van der Waals surface area (Å²) in [6.07, 6.45) is 4.58. The lowest BCUT2D eigenvalue weighted by molar-refractivity contribution is 0.0114. The maximum Gasteiger partial charge on any atom is 0.410 e. The Bertz CT molecular complexity index is 673. The van der Waals surface area contributed by atoms with Crippen molar-refractivity contribution in [1.29, 1.82) is 0 Å². The average Bonchev–Trinajstić information content (AvgIpc) is 2.94. The van der Waals surface area contributed by atoms with Gasteiger partial charge in [-0.15, -0.1) is 0 Å². The molecule has 2 aromatic heterocycles. The maximum absolute atomic E-state index is 12.4. The SMILES string of the molecule is CC(C)(C)OC(=O)N1CCCC[C@H]1CNc1nc2ncccc2[nH]1. The maximum atomic E-state index is 12.4. The highest BCUT2D eigenvalue weighted by Crippen LogP contribution is 2.21. The van der Waals surface area contributed by atoms with Crippen molar-refractivity contribution in [2.24, 2.45) is 0 Å². The second-order valence-corrected chi connectivity index (χ2v) is 7.16. The molecule has 24 heavy (non-hydrogen) atoms.